The van der Waals surface area contributed by atoms with Crippen LogP contribution in [0.25, 0.3) is 0 Å². The second-order valence-corrected chi connectivity index (χ2v) is 9.31. The minimum absolute atomic E-state index is 0.0170. The molecule has 1 fully saturated rings. The zero-order valence-electron chi connectivity index (χ0n) is 16.7. The van der Waals surface area contributed by atoms with Crippen molar-refractivity contribution in [3.8, 4) is 5.75 Å². The maximum Gasteiger partial charge on any atom is 0.355 e. The molecule has 3 rings (SSSR count). The molecule has 0 bridgehead atoms. The molecule has 1 aromatic rings. The van der Waals surface area contributed by atoms with Gasteiger partial charge in [-0.05, 0) is 25.5 Å². The first-order chi connectivity index (χ1) is 14.2. The van der Waals surface area contributed by atoms with Crippen LogP contribution in [0.1, 0.15) is 26.2 Å². The third-order valence-corrected chi connectivity index (χ3v) is 6.62. The number of carbonyl (C=O) groups is 3. The lowest BCUT2D eigenvalue weighted by molar-refractivity contribution is -0.147. The lowest BCUT2D eigenvalue weighted by Gasteiger charge is -2.27. The molecule has 10 nitrogen and oxygen atoms in total. The van der Waals surface area contributed by atoms with Crippen LogP contribution in [0.3, 0.4) is 0 Å². The number of para-hydroxylation sites is 2. The van der Waals surface area contributed by atoms with Gasteiger partial charge in [-0.3, -0.25) is 9.59 Å². The smallest absolute Gasteiger partial charge is 0.355 e. The van der Waals surface area contributed by atoms with Crippen LogP contribution in [0, 0.1) is 0 Å². The Morgan fingerprint density at radius 1 is 1.27 bits per heavy atom. The van der Waals surface area contributed by atoms with Gasteiger partial charge in [0.25, 0.3) is 5.91 Å². The number of esters is 1. The highest BCUT2D eigenvalue weighted by Gasteiger charge is 2.37. The highest BCUT2D eigenvalue weighted by molar-refractivity contribution is 7.91. The Morgan fingerprint density at radius 3 is 2.67 bits per heavy atom. The quantitative estimate of drug-likeness (QED) is 0.649. The Bertz CT molecular complexity index is 990. The van der Waals surface area contributed by atoms with Crippen molar-refractivity contribution in [2.45, 2.75) is 38.3 Å². The van der Waals surface area contributed by atoms with Gasteiger partial charge in [-0.25, -0.2) is 18.2 Å². The van der Waals surface area contributed by atoms with E-state index in [1.54, 1.807) is 24.3 Å². The molecule has 1 N–H and O–H groups in total. The summed E-state index contributed by atoms with van der Waals surface area (Å²) in [4.78, 5) is 37.0. The van der Waals surface area contributed by atoms with Gasteiger partial charge in [0.1, 0.15) is 11.5 Å². The van der Waals surface area contributed by atoms with Gasteiger partial charge in [0.05, 0.1) is 30.3 Å². The molecule has 0 unspecified atom stereocenters. The summed E-state index contributed by atoms with van der Waals surface area (Å²) in [6, 6.07) is 6.22. The van der Waals surface area contributed by atoms with E-state index < -0.39 is 33.9 Å². The van der Waals surface area contributed by atoms with E-state index >= 15 is 0 Å². The van der Waals surface area contributed by atoms with Gasteiger partial charge in [-0.2, -0.15) is 5.10 Å². The minimum atomic E-state index is -3.21. The molecule has 0 saturated carbocycles. The molecule has 2 atom stereocenters. The standard InChI is InChI=1S/C19H23N3O7S/c1-12(18(24)20-14-5-3-4-6-16(14)28-2)29-19(25)15-7-8-17(23)22(21-15)13-9-10-30(26,27)11-13/h3-6,12-13H,7-11H2,1-2H3,(H,20,24)/t12-,13-/m1/s1. The van der Waals surface area contributed by atoms with Gasteiger partial charge in [0.2, 0.25) is 5.91 Å². The first kappa shape index (κ1) is 21.8. The summed E-state index contributed by atoms with van der Waals surface area (Å²) in [5.41, 5.74) is 0.415. The van der Waals surface area contributed by atoms with Crippen molar-refractivity contribution in [1.82, 2.24) is 5.01 Å². The highest BCUT2D eigenvalue weighted by atomic mass is 32.2. The van der Waals surface area contributed by atoms with Gasteiger partial charge in [-0.15, -0.1) is 0 Å². The number of sulfone groups is 1. The van der Waals surface area contributed by atoms with Crippen molar-refractivity contribution in [2.75, 3.05) is 23.9 Å². The van der Waals surface area contributed by atoms with Gasteiger partial charge in [0, 0.05) is 12.8 Å². The SMILES string of the molecule is COc1ccccc1NC(=O)[C@@H](C)OC(=O)C1=NN([C@@H]2CCS(=O)(=O)C2)C(=O)CC1. The molecule has 30 heavy (non-hydrogen) atoms. The lowest BCUT2D eigenvalue weighted by Crippen LogP contribution is -2.42. The Labute approximate surface area is 174 Å². The molecule has 0 spiro atoms. The summed E-state index contributed by atoms with van der Waals surface area (Å²) < 4.78 is 33.8. The van der Waals surface area contributed by atoms with E-state index in [2.05, 4.69) is 10.4 Å². The fourth-order valence-electron chi connectivity index (χ4n) is 3.24. The molecule has 2 amide bonds. The molecule has 2 heterocycles. The number of amides is 2. The van der Waals surface area contributed by atoms with Crippen molar-refractivity contribution >= 4 is 39.0 Å². The summed E-state index contributed by atoms with van der Waals surface area (Å²) in [6.45, 7) is 1.42. The number of rotatable bonds is 6. The van der Waals surface area contributed by atoms with Crippen LogP contribution >= 0.6 is 0 Å². The Hall–Kier alpha value is -2.95. The van der Waals surface area contributed by atoms with E-state index in [0.29, 0.717) is 11.4 Å². The molecule has 2 aliphatic rings. The van der Waals surface area contributed by atoms with Crippen LogP contribution < -0.4 is 10.1 Å². The number of nitrogens with one attached hydrogen (secondary N) is 1. The Balaban J connectivity index is 1.65. The second kappa shape index (κ2) is 8.82. The Morgan fingerprint density at radius 2 is 2.00 bits per heavy atom. The molecule has 1 aromatic carbocycles. The van der Waals surface area contributed by atoms with Crippen LogP contribution in [0.5, 0.6) is 5.75 Å². The highest BCUT2D eigenvalue weighted by Crippen LogP contribution is 2.24. The van der Waals surface area contributed by atoms with Crippen molar-refractivity contribution in [1.29, 1.82) is 0 Å². The molecule has 0 aliphatic carbocycles. The summed E-state index contributed by atoms with van der Waals surface area (Å²) in [5, 5.41) is 7.74. The van der Waals surface area contributed by atoms with E-state index in [-0.39, 0.29) is 42.4 Å². The fourth-order valence-corrected chi connectivity index (χ4v) is 4.93. The van der Waals surface area contributed by atoms with E-state index in [0.717, 1.165) is 5.01 Å². The summed E-state index contributed by atoms with van der Waals surface area (Å²) >= 11 is 0. The number of benzene rings is 1. The summed E-state index contributed by atoms with van der Waals surface area (Å²) in [6.07, 6.45) is -0.763. The maximum absolute atomic E-state index is 12.5. The van der Waals surface area contributed by atoms with E-state index in [9.17, 15) is 22.8 Å². The predicted octanol–water partition coefficient (Wildman–Crippen LogP) is 0.731. The fraction of sp³-hybridized carbons (Fsp3) is 0.474. The first-order valence-corrected chi connectivity index (χ1v) is 11.3. The van der Waals surface area contributed by atoms with E-state index in [1.807, 2.05) is 0 Å². The molecule has 11 heteroatoms. The van der Waals surface area contributed by atoms with Crippen LogP contribution in [-0.2, 0) is 29.0 Å². The number of hydrazone groups is 1. The summed E-state index contributed by atoms with van der Waals surface area (Å²) in [7, 11) is -1.74. The average Bonchev–Trinajstić information content (AvgIpc) is 3.08. The lowest BCUT2D eigenvalue weighted by atomic mass is 10.1. The van der Waals surface area contributed by atoms with Gasteiger partial charge in [0.15, 0.2) is 15.9 Å². The second-order valence-electron chi connectivity index (χ2n) is 7.08. The molecule has 2 aliphatic heterocycles. The van der Waals surface area contributed by atoms with Crippen molar-refractivity contribution in [2.24, 2.45) is 5.10 Å². The number of ether oxygens (including phenoxy) is 2. The third-order valence-electron chi connectivity index (χ3n) is 4.87. The topological polar surface area (TPSA) is 131 Å². The zero-order valence-corrected chi connectivity index (χ0v) is 17.5. The van der Waals surface area contributed by atoms with Gasteiger partial charge < -0.3 is 14.8 Å². The molecule has 1 saturated heterocycles. The van der Waals surface area contributed by atoms with Crippen molar-refractivity contribution < 1.29 is 32.3 Å². The molecular weight excluding hydrogens is 414 g/mol. The van der Waals surface area contributed by atoms with E-state index in [4.69, 9.17) is 9.47 Å². The van der Waals surface area contributed by atoms with Crippen LogP contribution in [0.15, 0.2) is 29.4 Å². The van der Waals surface area contributed by atoms with E-state index in [1.165, 1.54) is 14.0 Å². The number of nitrogens with zero attached hydrogens (tertiary/aromatic N) is 2. The van der Waals surface area contributed by atoms with Crippen molar-refractivity contribution in [3.05, 3.63) is 24.3 Å². The minimum Gasteiger partial charge on any atom is -0.495 e. The van der Waals surface area contributed by atoms with Gasteiger partial charge in [-0.1, -0.05) is 12.1 Å². The van der Waals surface area contributed by atoms with Crippen LogP contribution in [0.4, 0.5) is 5.69 Å². The van der Waals surface area contributed by atoms with Gasteiger partial charge >= 0.3 is 5.97 Å². The molecule has 0 radical (unpaired) electrons. The predicted molar refractivity (Wildman–Crippen MR) is 108 cm³/mol. The number of methoxy groups -OCH3 is 1. The molecule has 162 valence electrons. The number of hydrogen-bond acceptors (Lipinski definition) is 8. The van der Waals surface area contributed by atoms with Crippen LogP contribution in [0.2, 0.25) is 0 Å². The largest absolute Gasteiger partial charge is 0.495 e. The third kappa shape index (κ3) is 4.96. The number of anilines is 1. The normalized spacial score (nSPS) is 21.5. The number of hydrogen-bond donors (Lipinski definition) is 1. The number of carbonyl (C=O) groups excluding carboxylic acids is 3. The maximum atomic E-state index is 12.5. The summed E-state index contributed by atoms with van der Waals surface area (Å²) in [5.74, 6) is -1.45. The average molecular weight is 437 g/mol. The Kier molecular flexibility index (Phi) is 6.40. The zero-order chi connectivity index (χ0) is 21.9. The first-order valence-electron chi connectivity index (χ1n) is 9.45. The van der Waals surface area contributed by atoms with Crippen molar-refractivity contribution in [3.63, 3.8) is 0 Å². The molecular formula is C19H23N3O7S. The monoisotopic (exact) mass is 437 g/mol. The van der Waals surface area contributed by atoms with Crippen LogP contribution in [-0.4, -0.2) is 67.7 Å². The molecule has 0 aromatic heterocycles.